The molecule has 2 rings (SSSR count). The molecule has 0 aliphatic heterocycles. The van der Waals surface area contributed by atoms with Crippen molar-refractivity contribution in [2.75, 3.05) is 7.11 Å². The third-order valence-corrected chi connectivity index (χ3v) is 3.38. The third-order valence-electron chi connectivity index (χ3n) is 3.38. The highest BCUT2D eigenvalue weighted by Gasteiger charge is 2.29. The monoisotopic (exact) mass is 273 g/mol. The molecule has 0 fully saturated rings. The van der Waals surface area contributed by atoms with Crippen LogP contribution >= 0.6 is 0 Å². The molecule has 0 unspecified atom stereocenters. The van der Waals surface area contributed by atoms with Gasteiger partial charge in [-0.25, -0.2) is 0 Å². The van der Waals surface area contributed by atoms with Gasteiger partial charge in [-0.15, -0.1) is 0 Å². The Balaban J connectivity index is 2.05. The molecule has 0 saturated carbocycles. The second-order valence-electron chi connectivity index (χ2n) is 5.12. The fourth-order valence-electron chi connectivity index (χ4n) is 1.94. The van der Waals surface area contributed by atoms with Crippen molar-refractivity contribution in [1.82, 2.24) is 5.32 Å². The van der Waals surface area contributed by atoms with Crippen LogP contribution in [-0.4, -0.2) is 13.0 Å². The number of ether oxygens (including phenoxy) is 1. The summed E-state index contributed by atoms with van der Waals surface area (Å²) in [7, 11) is 1.62. The molecule has 0 saturated heterocycles. The molecule has 1 aromatic carbocycles. The van der Waals surface area contributed by atoms with Crippen LogP contribution in [0.2, 0.25) is 0 Å². The lowest BCUT2D eigenvalue weighted by Gasteiger charge is -2.24. The predicted octanol–water partition coefficient (Wildman–Crippen LogP) is 2.88. The van der Waals surface area contributed by atoms with Crippen LogP contribution in [0.25, 0.3) is 0 Å². The first-order chi connectivity index (χ1) is 9.54. The highest BCUT2D eigenvalue weighted by atomic mass is 16.5. The second-order valence-corrected chi connectivity index (χ2v) is 5.12. The fourth-order valence-corrected chi connectivity index (χ4v) is 1.94. The summed E-state index contributed by atoms with van der Waals surface area (Å²) in [5.41, 5.74) is 0.328. The number of furan rings is 1. The van der Waals surface area contributed by atoms with Crippen molar-refractivity contribution in [2.24, 2.45) is 0 Å². The van der Waals surface area contributed by atoms with E-state index in [1.807, 2.05) is 44.2 Å². The number of amides is 1. The van der Waals surface area contributed by atoms with Crippen molar-refractivity contribution < 1.29 is 13.9 Å². The SMILES string of the molecule is COc1ccc(C(C)(C)C(=O)NCc2ccco2)cc1. The largest absolute Gasteiger partial charge is 0.497 e. The molecule has 0 aliphatic rings. The van der Waals surface area contributed by atoms with Gasteiger partial charge in [0.05, 0.1) is 25.3 Å². The maximum absolute atomic E-state index is 12.3. The summed E-state index contributed by atoms with van der Waals surface area (Å²) in [4.78, 5) is 12.3. The van der Waals surface area contributed by atoms with Crippen LogP contribution < -0.4 is 10.1 Å². The van der Waals surface area contributed by atoms with Gasteiger partial charge in [0.25, 0.3) is 0 Å². The van der Waals surface area contributed by atoms with Gasteiger partial charge in [-0.05, 0) is 43.7 Å². The minimum atomic E-state index is -0.612. The zero-order chi connectivity index (χ0) is 14.6. The number of hydrogen-bond donors (Lipinski definition) is 1. The first-order valence-corrected chi connectivity index (χ1v) is 6.49. The Morgan fingerprint density at radius 2 is 1.95 bits per heavy atom. The number of carbonyl (C=O) groups excluding carboxylic acids is 1. The molecule has 0 bridgehead atoms. The molecule has 0 spiro atoms. The van der Waals surface area contributed by atoms with Crippen molar-refractivity contribution in [3.63, 3.8) is 0 Å². The molecule has 0 aliphatic carbocycles. The van der Waals surface area contributed by atoms with Gasteiger partial charge in [0.1, 0.15) is 11.5 Å². The van der Waals surface area contributed by atoms with Gasteiger partial charge in [-0.2, -0.15) is 0 Å². The Morgan fingerprint density at radius 3 is 2.50 bits per heavy atom. The molecule has 1 amide bonds. The van der Waals surface area contributed by atoms with E-state index in [2.05, 4.69) is 5.32 Å². The number of methoxy groups -OCH3 is 1. The number of nitrogens with one attached hydrogen (secondary N) is 1. The predicted molar refractivity (Wildman–Crippen MR) is 76.6 cm³/mol. The van der Waals surface area contributed by atoms with Crippen LogP contribution in [0.3, 0.4) is 0 Å². The molecule has 4 heteroatoms. The van der Waals surface area contributed by atoms with Gasteiger partial charge >= 0.3 is 0 Å². The molecular formula is C16H19NO3. The molecule has 2 aromatic rings. The number of rotatable bonds is 5. The Labute approximate surface area is 118 Å². The summed E-state index contributed by atoms with van der Waals surface area (Å²) in [6, 6.07) is 11.2. The summed E-state index contributed by atoms with van der Waals surface area (Å²) in [6.07, 6.45) is 1.59. The van der Waals surface area contributed by atoms with E-state index >= 15 is 0 Å². The van der Waals surface area contributed by atoms with E-state index < -0.39 is 5.41 Å². The van der Waals surface area contributed by atoms with E-state index in [9.17, 15) is 4.79 Å². The Bertz CT molecular complexity index is 556. The first kappa shape index (κ1) is 14.2. The number of carbonyl (C=O) groups is 1. The average Bonchev–Trinajstić information content (AvgIpc) is 2.98. The molecule has 0 radical (unpaired) electrons. The molecular weight excluding hydrogens is 254 g/mol. The normalized spacial score (nSPS) is 11.2. The maximum atomic E-state index is 12.3. The summed E-state index contributed by atoms with van der Waals surface area (Å²) in [5.74, 6) is 1.48. The van der Waals surface area contributed by atoms with Gasteiger partial charge in [0, 0.05) is 0 Å². The van der Waals surface area contributed by atoms with Crippen LogP contribution in [0, 0.1) is 0 Å². The van der Waals surface area contributed by atoms with Gasteiger partial charge < -0.3 is 14.5 Å². The topological polar surface area (TPSA) is 51.5 Å². The van der Waals surface area contributed by atoms with Crippen LogP contribution in [-0.2, 0) is 16.8 Å². The van der Waals surface area contributed by atoms with Crippen LogP contribution in [0.5, 0.6) is 5.75 Å². The zero-order valence-corrected chi connectivity index (χ0v) is 12.0. The molecule has 1 aromatic heterocycles. The van der Waals surface area contributed by atoms with Crippen molar-refractivity contribution in [3.05, 3.63) is 54.0 Å². The van der Waals surface area contributed by atoms with Gasteiger partial charge in [-0.3, -0.25) is 4.79 Å². The average molecular weight is 273 g/mol. The van der Waals surface area contributed by atoms with E-state index in [4.69, 9.17) is 9.15 Å². The van der Waals surface area contributed by atoms with Crippen molar-refractivity contribution in [3.8, 4) is 5.75 Å². The lowest BCUT2D eigenvalue weighted by Crippen LogP contribution is -2.39. The van der Waals surface area contributed by atoms with Crippen LogP contribution in [0.1, 0.15) is 25.2 Å². The lowest BCUT2D eigenvalue weighted by molar-refractivity contribution is -0.125. The van der Waals surface area contributed by atoms with Crippen molar-refractivity contribution >= 4 is 5.91 Å². The van der Waals surface area contributed by atoms with E-state index in [0.29, 0.717) is 6.54 Å². The molecule has 4 nitrogen and oxygen atoms in total. The highest BCUT2D eigenvalue weighted by molar-refractivity contribution is 5.87. The fraction of sp³-hybridized carbons (Fsp3) is 0.312. The molecule has 1 N–H and O–H groups in total. The summed E-state index contributed by atoms with van der Waals surface area (Å²) in [6.45, 7) is 4.18. The van der Waals surface area contributed by atoms with Gasteiger partial charge in [0.2, 0.25) is 5.91 Å². The number of hydrogen-bond acceptors (Lipinski definition) is 3. The Hall–Kier alpha value is -2.23. The third kappa shape index (κ3) is 3.02. The smallest absolute Gasteiger partial charge is 0.230 e. The van der Waals surface area contributed by atoms with Crippen LogP contribution in [0.15, 0.2) is 47.1 Å². The summed E-state index contributed by atoms with van der Waals surface area (Å²) < 4.78 is 10.3. The molecule has 1 heterocycles. The van der Waals surface area contributed by atoms with E-state index in [1.165, 1.54) is 0 Å². The second kappa shape index (κ2) is 5.82. The Morgan fingerprint density at radius 1 is 1.25 bits per heavy atom. The zero-order valence-electron chi connectivity index (χ0n) is 12.0. The minimum absolute atomic E-state index is 0.0425. The standard InChI is InChI=1S/C16H19NO3/c1-16(2,12-6-8-13(19-3)9-7-12)15(18)17-11-14-5-4-10-20-14/h4-10H,11H2,1-3H3,(H,17,18). The molecule has 20 heavy (non-hydrogen) atoms. The quantitative estimate of drug-likeness (QED) is 0.911. The molecule has 106 valence electrons. The maximum Gasteiger partial charge on any atom is 0.230 e. The van der Waals surface area contributed by atoms with Gasteiger partial charge in [-0.1, -0.05) is 12.1 Å². The van der Waals surface area contributed by atoms with E-state index in [1.54, 1.807) is 19.4 Å². The van der Waals surface area contributed by atoms with E-state index in [-0.39, 0.29) is 5.91 Å². The number of benzene rings is 1. The summed E-state index contributed by atoms with van der Waals surface area (Å²) in [5, 5.41) is 2.89. The first-order valence-electron chi connectivity index (χ1n) is 6.49. The Kier molecular flexibility index (Phi) is 4.13. The lowest BCUT2D eigenvalue weighted by atomic mass is 9.83. The highest BCUT2D eigenvalue weighted by Crippen LogP contribution is 2.25. The van der Waals surface area contributed by atoms with Crippen molar-refractivity contribution in [2.45, 2.75) is 25.8 Å². The van der Waals surface area contributed by atoms with Crippen molar-refractivity contribution in [1.29, 1.82) is 0 Å². The van der Waals surface area contributed by atoms with Crippen LogP contribution in [0.4, 0.5) is 0 Å². The van der Waals surface area contributed by atoms with Gasteiger partial charge in [0.15, 0.2) is 0 Å². The molecule has 0 atom stereocenters. The minimum Gasteiger partial charge on any atom is -0.497 e. The summed E-state index contributed by atoms with van der Waals surface area (Å²) >= 11 is 0. The van der Waals surface area contributed by atoms with E-state index in [0.717, 1.165) is 17.1 Å².